The fourth-order valence-corrected chi connectivity index (χ4v) is 2.20. The summed E-state index contributed by atoms with van der Waals surface area (Å²) in [5.74, 6) is -0.0209. The van der Waals surface area contributed by atoms with E-state index in [1.54, 1.807) is 4.90 Å². The number of carbonyl (C=O) groups excluding carboxylic acids is 2. The summed E-state index contributed by atoms with van der Waals surface area (Å²) in [6.07, 6.45) is 0.951. The maximum absolute atomic E-state index is 12.2. The summed E-state index contributed by atoms with van der Waals surface area (Å²) in [6.45, 7) is 3.11. The van der Waals surface area contributed by atoms with Gasteiger partial charge in [0, 0.05) is 25.9 Å². The summed E-state index contributed by atoms with van der Waals surface area (Å²) in [7, 11) is 0. The molecule has 1 aromatic rings. The van der Waals surface area contributed by atoms with Crippen molar-refractivity contribution in [3.63, 3.8) is 0 Å². The molecule has 2 amide bonds. The van der Waals surface area contributed by atoms with Crippen LogP contribution in [0.15, 0.2) is 30.3 Å². The number of nitrogens with one attached hydrogen (secondary N) is 1. The molecule has 1 fully saturated rings. The third-order valence-electron chi connectivity index (χ3n) is 3.22. The average molecular weight is 246 g/mol. The number of benzene rings is 1. The van der Waals surface area contributed by atoms with Crippen LogP contribution in [-0.2, 0) is 16.0 Å². The van der Waals surface area contributed by atoms with Gasteiger partial charge in [0.1, 0.15) is 6.04 Å². The molecule has 96 valence electrons. The van der Waals surface area contributed by atoms with Crippen molar-refractivity contribution in [2.24, 2.45) is 0 Å². The van der Waals surface area contributed by atoms with Crippen molar-refractivity contribution in [2.45, 2.75) is 25.8 Å². The van der Waals surface area contributed by atoms with E-state index in [1.165, 1.54) is 0 Å². The average Bonchev–Trinajstić information content (AvgIpc) is 2.51. The number of amides is 2. The second-order valence-electron chi connectivity index (χ2n) is 4.48. The summed E-state index contributed by atoms with van der Waals surface area (Å²) in [5.41, 5.74) is 1.06. The lowest BCUT2D eigenvalue weighted by molar-refractivity contribution is -0.133. The predicted molar refractivity (Wildman–Crippen MR) is 68.9 cm³/mol. The van der Waals surface area contributed by atoms with Gasteiger partial charge in [-0.15, -0.1) is 0 Å². The summed E-state index contributed by atoms with van der Waals surface area (Å²) < 4.78 is 0. The topological polar surface area (TPSA) is 49.4 Å². The second-order valence-corrected chi connectivity index (χ2v) is 4.48. The molecule has 2 rings (SSSR count). The quantitative estimate of drug-likeness (QED) is 0.864. The fourth-order valence-electron chi connectivity index (χ4n) is 2.20. The minimum absolute atomic E-state index is 0.0206. The summed E-state index contributed by atoms with van der Waals surface area (Å²) in [6, 6.07) is 9.34. The number of hydrogen-bond acceptors (Lipinski definition) is 2. The zero-order valence-corrected chi connectivity index (χ0v) is 10.6. The van der Waals surface area contributed by atoms with Crippen molar-refractivity contribution in [3.8, 4) is 0 Å². The van der Waals surface area contributed by atoms with E-state index in [9.17, 15) is 9.59 Å². The Bertz CT molecular complexity index is 431. The Morgan fingerprint density at radius 1 is 1.28 bits per heavy atom. The molecule has 1 N–H and O–H groups in total. The van der Waals surface area contributed by atoms with E-state index < -0.39 is 6.04 Å². The van der Waals surface area contributed by atoms with Gasteiger partial charge in [-0.05, 0) is 12.5 Å². The van der Waals surface area contributed by atoms with Crippen molar-refractivity contribution in [3.05, 3.63) is 35.9 Å². The SMILES string of the molecule is CCN1CCC(=O)NC(Cc2ccccc2)C1=O. The van der Waals surface area contributed by atoms with Crippen molar-refractivity contribution < 1.29 is 9.59 Å². The van der Waals surface area contributed by atoms with Crippen LogP contribution in [0.1, 0.15) is 18.9 Å². The van der Waals surface area contributed by atoms with Crippen LogP contribution in [0.4, 0.5) is 0 Å². The number of rotatable bonds is 3. The van der Waals surface area contributed by atoms with E-state index in [1.807, 2.05) is 37.3 Å². The number of hydrogen-bond donors (Lipinski definition) is 1. The van der Waals surface area contributed by atoms with Crippen LogP contribution in [0, 0.1) is 0 Å². The van der Waals surface area contributed by atoms with Crippen LogP contribution < -0.4 is 5.32 Å². The Morgan fingerprint density at radius 2 is 2.00 bits per heavy atom. The summed E-state index contributed by atoms with van der Waals surface area (Å²) in [5, 5.41) is 2.81. The third-order valence-corrected chi connectivity index (χ3v) is 3.22. The molecule has 4 heteroatoms. The first-order valence-corrected chi connectivity index (χ1v) is 6.32. The minimum Gasteiger partial charge on any atom is -0.344 e. The molecule has 1 saturated heterocycles. The predicted octanol–water partition coefficient (Wildman–Crippen LogP) is 0.966. The Morgan fingerprint density at radius 3 is 2.67 bits per heavy atom. The lowest BCUT2D eigenvalue weighted by Gasteiger charge is -2.22. The van der Waals surface area contributed by atoms with E-state index in [2.05, 4.69) is 5.32 Å². The highest BCUT2D eigenvalue weighted by Gasteiger charge is 2.28. The summed E-state index contributed by atoms with van der Waals surface area (Å²) in [4.78, 5) is 25.6. The minimum atomic E-state index is -0.428. The lowest BCUT2D eigenvalue weighted by Crippen LogP contribution is -2.45. The van der Waals surface area contributed by atoms with Gasteiger partial charge in [0.05, 0.1) is 0 Å². The first kappa shape index (κ1) is 12.6. The lowest BCUT2D eigenvalue weighted by atomic mass is 10.1. The van der Waals surface area contributed by atoms with E-state index >= 15 is 0 Å². The molecule has 1 aliphatic rings. The van der Waals surface area contributed by atoms with Gasteiger partial charge in [-0.1, -0.05) is 30.3 Å². The van der Waals surface area contributed by atoms with Gasteiger partial charge >= 0.3 is 0 Å². The molecular weight excluding hydrogens is 228 g/mol. The first-order valence-electron chi connectivity index (χ1n) is 6.32. The fraction of sp³-hybridized carbons (Fsp3) is 0.429. The number of carbonyl (C=O) groups is 2. The Hall–Kier alpha value is -1.84. The molecule has 0 saturated carbocycles. The molecule has 1 aliphatic heterocycles. The van der Waals surface area contributed by atoms with Crippen LogP contribution in [0.3, 0.4) is 0 Å². The Balaban J connectivity index is 2.13. The van der Waals surface area contributed by atoms with E-state index in [0.29, 0.717) is 25.9 Å². The van der Waals surface area contributed by atoms with Crippen LogP contribution >= 0.6 is 0 Å². The monoisotopic (exact) mass is 246 g/mol. The highest BCUT2D eigenvalue weighted by atomic mass is 16.2. The molecule has 4 nitrogen and oxygen atoms in total. The van der Waals surface area contributed by atoms with E-state index in [-0.39, 0.29) is 11.8 Å². The van der Waals surface area contributed by atoms with Gasteiger partial charge in [0.2, 0.25) is 11.8 Å². The Kier molecular flexibility index (Phi) is 3.97. The van der Waals surface area contributed by atoms with Crippen LogP contribution in [-0.4, -0.2) is 35.8 Å². The molecule has 0 radical (unpaired) electrons. The van der Waals surface area contributed by atoms with E-state index in [0.717, 1.165) is 5.56 Å². The molecule has 0 bridgehead atoms. The normalized spacial score (nSPS) is 20.5. The maximum atomic E-state index is 12.2. The smallest absolute Gasteiger partial charge is 0.245 e. The zero-order valence-electron chi connectivity index (χ0n) is 10.6. The molecule has 0 aromatic heterocycles. The summed E-state index contributed by atoms with van der Waals surface area (Å²) >= 11 is 0. The molecule has 1 heterocycles. The Labute approximate surface area is 107 Å². The van der Waals surface area contributed by atoms with Crippen LogP contribution in [0.25, 0.3) is 0 Å². The number of nitrogens with zero attached hydrogens (tertiary/aromatic N) is 1. The standard InChI is InChI=1S/C14H18N2O2/c1-2-16-9-8-13(17)15-12(14(16)18)10-11-6-4-3-5-7-11/h3-7,12H,2,8-10H2,1H3,(H,15,17). The van der Waals surface area contributed by atoms with Crippen molar-refractivity contribution in [1.82, 2.24) is 10.2 Å². The van der Waals surface area contributed by atoms with Crippen molar-refractivity contribution in [2.75, 3.05) is 13.1 Å². The third kappa shape index (κ3) is 2.88. The largest absolute Gasteiger partial charge is 0.344 e. The highest BCUT2D eigenvalue weighted by molar-refractivity contribution is 5.90. The van der Waals surface area contributed by atoms with Gasteiger partial charge in [-0.25, -0.2) is 0 Å². The van der Waals surface area contributed by atoms with Gasteiger partial charge in [-0.2, -0.15) is 0 Å². The van der Waals surface area contributed by atoms with Gasteiger partial charge in [-0.3, -0.25) is 9.59 Å². The highest BCUT2D eigenvalue weighted by Crippen LogP contribution is 2.09. The molecule has 1 unspecified atom stereocenters. The van der Waals surface area contributed by atoms with E-state index in [4.69, 9.17) is 0 Å². The zero-order chi connectivity index (χ0) is 13.0. The first-order chi connectivity index (χ1) is 8.70. The second kappa shape index (κ2) is 5.67. The van der Waals surface area contributed by atoms with Crippen molar-refractivity contribution >= 4 is 11.8 Å². The molecule has 0 aliphatic carbocycles. The van der Waals surface area contributed by atoms with Crippen LogP contribution in [0.5, 0.6) is 0 Å². The molecular formula is C14H18N2O2. The number of likely N-dealkylation sites (N-methyl/N-ethyl adjacent to an activating group) is 1. The molecule has 18 heavy (non-hydrogen) atoms. The van der Waals surface area contributed by atoms with Gasteiger partial charge in [0.15, 0.2) is 0 Å². The maximum Gasteiger partial charge on any atom is 0.245 e. The molecule has 0 spiro atoms. The molecule has 1 aromatic carbocycles. The van der Waals surface area contributed by atoms with Crippen molar-refractivity contribution in [1.29, 1.82) is 0 Å². The van der Waals surface area contributed by atoms with Gasteiger partial charge in [0.25, 0.3) is 0 Å². The molecule has 1 atom stereocenters. The van der Waals surface area contributed by atoms with Gasteiger partial charge < -0.3 is 10.2 Å². The van der Waals surface area contributed by atoms with Crippen LogP contribution in [0.2, 0.25) is 0 Å².